The summed E-state index contributed by atoms with van der Waals surface area (Å²) in [5.74, 6) is -1.02. The highest BCUT2D eigenvalue weighted by Gasteiger charge is 2.37. The van der Waals surface area contributed by atoms with Gasteiger partial charge in [0, 0.05) is 12.6 Å². The molecule has 5 nitrogen and oxygen atoms in total. The van der Waals surface area contributed by atoms with E-state index in [1.54, 1.807) is 29.2 Å². The van der Waals surface area contributed by atoms with Crippen molar-refractivity contribution in [2.75, 3.05) is 6.54 Å². The molecule has 0 bridgehead atoms. The number of fused-ring (bicyclic) bond motifs is 1. The van der Waals surface area contributed by atoms with Gasteiger partial charge in [0.05, 0.1) is 11.1 Å². The van der Waals surface area contributed by atoms with Crippen LogP contribution in [0.1, 0.15) is 46.5 Å². The molecule has 0 saturated heterocycles. The number of hydrogen-bond donors (Lipinski definition) is 0. The summed E-state index contributed by atoms with van der Waals surface area (Å²) in [5.41, 5.74) is 1.75. The lowest BCUT2D eigenvalue weighted by atomic mass is 10.1. The summed E-state index contributed by atoms with van der Waals surface area (Å²) >= 11 is 0. The number of hydrogen-bond acceptors (Lipinski definition) is 3. The highest BCUT2D eigenvalue weighted by Crippen LogP contribution is 2.23. The number of benzene rings is 2. The van der Waals surface area contributed by atoms with Crippen molar-refractivity contribution >= 4 is 17.7 Å². The topological polar surface area (TPSA) is 57.7 Å². The highest BCUT2D eigenvalue weighted by molar-refractivity contribution is 6.22. The first-order valence-corrected chi connectivity index (χ1v) is 8.81. The molecule has 3 rings (SSSR count). The number of carbonyl (C=O) groups excluding carboxylic acids is 3. The number of rotatable bonds is 6. The molecule has 0 aromatic heterocycles. The van der Waals surface area contributed by atoms with Gasteiger partial charge in [0.1, 0.15) is 6.54 Å². The van der Waals surface area contributed by atoms with Gasteiger partial charge in [-0.15, -0.1) is 0 Å². The van der Waals surface area contributed by atoms with E-state index in [1.165, 1.54) is 0 Å². The van der Waals surface area contributed by atoms with Gasteiger partial charge in [-0.3, -0.25) is 19.3 Å². The number of nitrogens with zero attached hydrogens (tertiary/aromatic N) is 2. The molecule has 0 spiro atoms. The van der Waals surface area contributed by atoms with Crippen molar-refractivity contribution in [3.63, 3.8) is 0 Å². The fourth-order valence-corrected chi connectivity index (χ4v) is 3.10. The maximum absolute atomic E-state index is 12.9. The van der Waals surface area contributed by atoms with Crippen molar-refractivity contribution in [2.24, 2.45) is 0 Å². The molecule has 5 heteroatoms. The van der Waals surface area contributed by atoms with Crippen molar-refractivity contribution in [1.29, 1.82) is 0 Å². The van der Waals surface area contributed by atoms with Crippen LogP contribution in [0, 0.1) is 0 Å². The van der Waals surface area contributed by atoms with Gasteiger partial charge in [-0.25, -0.2) is 0 Å². The third kappa shape index (κ3) is 3.38. The van der Waals surface area contributed by atoms with E-state index in [2.05, 4.69) is 0 Å². The maximum Gasteiger partial charge on any atom is 0.262 e. The minimum atomic E-state index is -0.400. The first-order chi connectivity index (χ1) is 12.5. The molecule has 0 saturated carbocycles. The fraction of sp³-hybridized carbons (Fsp3) is 0.286. The Bertz CT molecular complexity index is 797. The zero-order chi connectivity index (χ0) is 18.7. The molecule has 0 N–H and O–H groups in total. The molecule has 0 aliphatic carbocycles. The van der Waals surface area contributed by atoms with E-state index >= 15 is 0 Å². The average molecular weight is 350 g/mol. The molecule has 3 amide bonds. The summed E-state index contributed by atoms with van der Waals surface area (Å²) in [6, 6.07) is 16.4. The minimum absolute atomic E-state index is 0.0119. The summed E-state index contributed by atoms with van der Waals surface area (Å²) in [7, 11) is 0. The summed E-state index contributed by atoms with van der Waals surface area (Å²) in [6.45, 7) is 4.21. The molecule has 0 fully saturated rings. The fourth-order valence-electron chi connectivity index (χ4n) is 3.10. The Balaban J connectivity index is 1.78. The largest absolute Gasteiger partial charge is 0.334 e. The second-order valence-electron chi connectivity index (χ2n) is 6.51. The van der Waals surface area contributed by atoms with Crippen LogP contribution in [0.2, 0.25) is 0 Å². The first kappa shape index (κ1) is 17.9. The molecule has 1 aliphatic rings. The molecule has 26 heavy (non-hydrogen) atoms. The van der Waals surface area contributed by atoms with Gasteiger partial charge >= 0.3 is 0 Å². The Morgan fingerprint density at radius 1 is 0.962 bits per heavy atom. The standard InChI is InChI=1S/C21H22N2O3/c1-3-15(2)22(13-16-9-5-4-6-10-16)19(24)14-23-20(25)17-11-7-8-12-18(17)21(23)26/h4-12,15H,3,13-14H2,1-2H3. The van der Waals surface area contributed by atoms with Gasteiger partial charge in [-0.05, 0) is 31.0 Å². The van der Waals surface area contributed by atoms with E-state index in [0.29, 0.717) is 17.7 Å². The minimum Gasteiger partial charge on any atom is -0.334 e. The molecule has 1 aliphatic heterocycles. The van der Waals surface area contributed by atoms with Gasteiger partial charge in [-0.1, -0.05) is 49.4 Å². The van der Waals surface area contributed by atoms with Crippen molar-refractivity contribution in [1.82, 2.24) is 9.80 Å². The summed E-state index contributed by atoms with van der Waals surface area (Å²) in [6.07, 6.45) is 0.792. The number of amides is 3. The van der Waals surface area contributed by atoms with Crippen LogP contribution in [-0.4, -0.2) is 40.1 Å². The summed E-state index contributed by atoms with van der Waals surface area (Å²) in [5, 5.41) is 0. The van der Waals surface area contributed by atoms with Gasteiger partial charge in [0.2, 0.25) is 5.91 Å². The van der Waals surface area contributed by atoms with E-state index in [9.17, 15) is 14.4 Å². The Morgan fingerprint density at radius 2 is 1.50 bits per heavy atom. The van der Waals surface area contributed by atoms with Gasteiger partial charge in [0.25, 0.3) is 11.8 Å². The van der Waals surface area contributed by atoms with Crippen LogP contribution in [0.15, 0.2) is 54.6 Å². The summed E-state index contributed by atoms with van der Waals surface area (Å²) < 4.78 is 0. The quantitative estimate of drug-likeness (QED) is 0.752. The second-order valence-corrected chi connectivity index (χ2v) is 6.51. The van der Waals surface area contributed by atoms with Gasteiger partial charge < -0.3 is 4.90 Å². The maximum atomic E-state index is 12.9. The smallest absolute Gasteiger partial charge is 0.262 e. The van der Waals surface area contributed by atoms with Crippen LogP contribution in [-0.2, 0) is 11.3 Å². The molecule has 2 aromatic carbocycles. The van der Waals surface area contributed by atoms with E-state index in [0.717, 1.165) is 16.9 Å². The van der Waals surface area contributed by atoms with Crippen molar-refractivity contribution in [3.05, 3.63) is 71.3 Å². The normalized spacial score (nSPS) is 14.3. The third-order valence-electron chi connectivity index (χ3n) is 4.81. The highest BCUT2D eigenvalue weighted by atomic mass is 16.2. The van der Waals surface area contributed by atoms with Crippen LogP contribution in [0.3, 0.4) is 0 Å². The van der Waals surface area contributed by atoms with Gasteiger partial charge in [0.15, 0.2) is 0 Å². The summed E-state index contributed by atoms with van der Waals surface area (Å²) in [4.78, 5) is 40.7. The predicted octanol–water partition coefficient (Wildman–Crippen LogP) is 3.11. The van der Waals surface area contributed by atoms with Crippen LogP contribution in [0.4, 0.5) is 0 Å². The van der Waals surface area contributed by atoms with Crippen LogP contribution >= 0.6 is 0 Å². The van der Waals surface area contributed by atoms with Gasteiger partial charge in [-0.2, -0.15) is 0 Å². The molecule has 134 valence electrons. The van der Waals surface area contributed by atoms with Crippen LogP contribution < -0.4 is 0 Å². The lowest BCUT2D eigenvalue weighted by Crippen LogP contribution is -2.45. The van der Waals surface area contributed by atoms with Crippen molar-refractivity contribution in [2.45, 2.75) is 32.9 Å². The lowest BCUT2D eigenvalue weighted by molar-refractivity contribution is -0.134. The molecule has 0 radical (unpaired) electrons. The van der Waals surface area contributed by atoms with Crippen LogP contribution in [0.5, 0.6) is 0 Å². The van der Waals surface area contributed by atoms with Crippen molar-refractivity contribution < 1.29 is 14.4 Å². The van der Waals surface area contributed by atoms with E-state index in [-0.39, 0.29) is 18.5 Å². The Morgan fingerprint density at radius 3 is 2.04 bits per heavy atom. The molecular formula is C21H22N2O3. The number of carbonyl (C=O) groups is 3. The number of imide groups is 1. The molecule has 2 aromatic rings. The molecule has 1 atom stereocenters. The third-order valence-corrected chi connectivity index (χ3v) is 4.81. The monoisotopic (exact) mass is 350 g/mol. The predicted molar refractivity (Wildman–Crippen MR) is 98.6 cm³/mol. The van der Waals surface area contributed by atoms with E-state index in [1.807, 2.05) is 44.2 Å². The Hall–Kier alpha value is -2.95. The average Bonchev–Trinajstić information content (AvgIpc) is 2.91. The zero-order valence-electron chi connectivity index (χ0n) is 15.0. The van der Waals surface area contributed by atoms with E-state index < -0.39 is 11.8 Å². The zero-order valence-corrected chi connectivity index (χ0v) is 15.0. The Labute approximate surface area is 153 Å². The van der Waals surface area contributed by atoms with Crippen LogP contribution in [0.25, 0.3) is 0 Å². The van der Waals surface area contributed by atoms with E-state index in [4.69, 9.17) is 0 Å². The lowest BCUT2D eigenvalue weighted by Gasteiger charge is -2.30. The Kier molecular flexibility index (Phi) is 5.16. The van der Waals surface area contributed by atoms with Crippen molar-refractivity contribution in [3.8, 4) is 0 Å². The second kappa shape index (κ2) is 7.52. The molecule has 1 heterocycles. The first-order valence-electron chi connectivity index (χ1n) is 8.81. The molecular weight excluding hydrogens is 328 g/mol. The molecule has 1 unspecified atom stereocenters. The SMILES string of the molecule is CCC(C)N(Cc1ccccc1)C(=O)CN1C(=O)c2ccccc2C1=O.